The Hall–Kier alpha value is -1.06. The van der Waals surface area contributed by atoms with Crippen LogP contribution in [0.3, 0.4) is 0 Å². The zero-order chi connectivity index (χ0) is 13.8. The number of ether oxygens (including phenoxy) is 1. The summed E-state index contributed by atoms with van der Waals surface area (Å²) in [6.07, 6.45) is 5.42. The zero-order valence-corrected chi connectivity index (χ0v) is 12.5. The van der Waals surface area contributed by atoms with Crippen molar-refractivity contribution in [2.75, 3.05) is 33.2 Å². The van der Waals surface area contributed by atoms with Crippen molar-refractivity contribution in [3.8, 4) is 5.75 Å². The Morgan fingerprint density at radius 1 is 1.25 bits per heavy atom. The van der Waals surface area contributed by atoms with Gasteiger partial charge in [-0.25, -0.2) is 0 Å². The molecule has 3 rings (SSSR count). The van der Waals surface area contributed by atoms with Crippen LogP contribution in [0.4, 0.5) is 0 Å². The summed E-state index contributed by atoms with van der Waals surface area (Å²) in [5, 5.41) is 3.58. The van der Waals surface area contributed by atoms with E-state index in [9.17, 15) is 0 Å². The molecule has 1 saturated heterocycles. The van der Waals surface area contributed by atoms with E-state index in [0.29, 0.717) is 6.10 Å². The van der Waals surface area contributed by atoms with Gasteiger partial charge in [0.25, 0.3) is 0 Å². The van der Waals surface area contributed by atoms with Gasteiger partial charge in [-0.1, -0.05) is 18.2 Å². The molecule has 1 fully saturated rings. The smallest absolute Gasteiger partial charge is 0.123 e. The second-order valence-corrected chi connectivity index (χ2v) is 6.29. The van der Waals surface area contributed by atoms with Gasteiger partial charge in [0.2, 0.25) is 0 Å². The molecule has 0 aliphatic carbocycles. The average Bonchev–Trinajstić information content (AvgIpc) is 2.88. The summed E-state index contributed by atoms with van der Waals surface area (Å²) in [5.74, 6) is 2.00. The molecule has 0 bridgehead atoms. The number of likely N-dealkylation sites (tertiary alicyclic amines) is 1. The molecule has 110 valence electrons. The van der Waals surface area contributed by atoms with E-state index in [0.717, 1.165) is 31.2 Å². The molecule has 0 amide bonds. The third kappa shape index (κ3) is 3.53. The lowest BCUT2D eigenvalue weighted by atomic mass is 9.94. The van der Waals surface area contributed by atoms with Crippen molar-refractivity contribution in [2.24, 2.45) is 5.92 Å². The lowest BCUT2D eigenvalue weighted by Crippen LogP contribution is -2.34. The Bertz CT molecular complexity index is 402. The predicted molar refractivity (Wildman–Crippen MR) is 82.3 cm³/mol. The van der Waals surface area contributed by atoms with Crippen LogP contribution in [0.5, 0.6) is 5.75 Å². The minimum atomic E-state index is 0.324. The summed E-state index contributed by atoms with van der Waals surface area (Å²) in [5.41, 5.74) is 1.36. The number of rotatable bonds is 5. The van der Waals surface area contributed by atoms with Crippen LogP contribution in [-0.4, -0.2) is 44.2 Å². The van der Waals surface area contributed by atoms with Crippen molar-refractivity contribution in [3.63, 3.8) is 0 Å². The van der Waals surface area contributed by atoms with E-state index < -0.39 is 0 Å². The van der Waals surface area contributed by atoms with E-state index in [1.807, 2.05) is 0 Å². The molecule has 0 saturated carbocycles. The van der Waals surface area contributed by atoms with Crippen LogP contribution < -0.4 is 10.1 Å². The Balaban J connectivity index is 1.32. The maximum absolute atomic E-state index is 5.94. The van der Waals surface area contributed by atoms with Gasteiger partial charge >= 0.3 is 0 Å². The van der Waals surface area contributed by atoms with Gasteiger partial charge in [0.1, 0.15) is 11.9 Å². The number of hydrogen-bond donors (Lipinski definition) is 1. The highest BCUT2D eigenvalue weighted by Crippen LogP contribution is 2.27. The van der Waals surface area contributed by atoms with Crippen molar-refractivity contribution in [1.29, 1.82) is 0 Å². The molecule has 3 nitrogen and oxygen atoms in total. The first-order chi connectivity index (χ1) is 9.81. The second-order valence-electron chi connectivity index (χ2n) is 6.29. The molecule has 1 aromatic carbocycles. The number of fused-ring (bicyclic) bond motifs is 1. The van der Waals surface area contributed by atoms with Gasteiger partial charge < -0.3 is 15.0 Å². The van der Waals surface area contributed by atoms with E-state index in [1.165, 1.54) is 37.9 Å². The maximum Gasteiger partial charge on any atom is 0.123 e. The fraction of sp³-hybridized carbons (Fsp3) is 0.647. The van der Waals surface area contributed by atoms with Crippen molar-refractivity contribution >= 4 is 0 Å². The maximum atomic E-state index is 5.94. The first-order valence-corrected chi connectivity index (χ1v) is 7.95. The summed E-state index contributed by atoms with van der Waals surface area (Å²) in [6, 6.07) is 8.40. The Morgan fingerprint density at radius 2 is 2.05 bits per heavy atom. The summed E-state index contributed by atoms with van der Waals surface area (Å²) >= 11 is 0. The lowest BCUT2D eigenvalue weighted by molar-refractivity contribution is 0.204. The second kappa shape index (κ2) is 6.59. The van der Waals surface area contributed by atoms with E-state index in [-0.39, 0.29) is 0 Å². The van der Waals surface area contributed by atoms with E-state index in [2.05, 4.69) is 41.5 Å². The molecule has 0 aromatic heterocycles. The molecule has 20 heavy (non-hydrogen) atoms. The Morgan fingerprint density at radius 3 is 2.85 bits per heavy atom. The van der Waals surface area contributed by atoms with Gasteiger partial charge in [-0.05, 0) is 63.5 Å². The third-order valence-electron chi connectivity index (χ3n) is 4.65. The number of hydrogen-bond acceptors (Lipinski definition) is 3. The monoisotopic (exact) mass is 274 g/mol. The van der Waals surface area contributed by atoms with Crippen molar-refractivity contribution in [2.45, 2.75) is 31.8 Å². The number of benzene rings is 1. The molecule has 2 aliphatic rings. The van der Waals surface area contributed by atoms with Crippen molar-refractivity contribution < 1.29 is 4.74 Å². The van der Waals surface area contributed by atoms with Gasteiger partial charge in [-0.2, -0.15) is 0 Å². The van der Waals surface area contributed by atoms with Crippen molar-refractivity contribution in [1.82, 2.24) is 10.2 Å². The van der Waals surface area contributed by atoms with E-state index >= 15 is 0 Å². The number of nitrogens with one attached hydrogen (secondary N) is 1. The van der Waals surface area contributed by atoms with Crippen LogP contribution in [0, 0.1) is 5.92 Å². The number of para-hydroxylation sites is 1. The van der Waals surface area contributed by atoms with Crippen LogP contribution in [-0.2, 0) is 6.42 Å². The molecular formula is C17H26N2O. The highest BCUT2D eigenvalue weighted by atomic mass is 16.5. The van der Waals surface area contributed by atoms with Crippen molar-refractivity contribution in [3.05, 3.63) is 29.8 Å². The summed E-state index contributed by atoms with van der Waals surface area (Å²) < 4.78 is 5.94. The topological polar surface area (TPSA) is 24.5 Å². The minimum Gasteiger partial charge on any atom is -0.488 e. The van der Waals surface area contributed by atoms with Crippen LogP contribution in [0.1, 0.15) is 24.8 Å². The quantitative estimate of drug-likeness (QED) is 0.834. The normalized spacial score (nSPS) is 23.6. The fourth-order valence-electron chi connectivity index (χ4n) is 3.29. The molecule has 0 radical (unpaired) electrons. The summed E-state index contributed by atoms with van der Waals surface area (Å²) in [4.78, 5) is 2.44. The molecule has 1 atom stereocenters. The first-order valence-electron chi connectivity index (χ1n) is 7.95. The summed E-state index contributed by atoms with van der Waals surface area (Å²) in [6.45, 7) is 4.64. The zero-order valence-electron chi connectivity index (χ0n) is 12.5. The van der Waals surface area contributed by atoms with E-state index in [1.54, 1.807) is 0 Å². The Labute approximate surface area is 122 Å². The highest BCUT2D eigenvalue weighted by Gasteiger charge is 2.22. The predicted octanol–water partition coefficient (Wildman–Crippen LogP) is 2.31. The molecule has 2 aliphatic heterocycles. The van der Waals surface area contributed by atoms with Gasteiger partial charge in [0.05, 0.1) is 0 Å². The number of piperidine rings is 1. The Kier molecular flexibility index (Phi) is 4.58. The van der Waals surface area contributed by atoms with Crippen LogP contribution >= 0.6 is 0 Å². The highest BCUT2D eigenvalue weighted by molar-refractivity contribution is 5.37. The molecule has 1 aromatic rings. The third-order valence-corrected chi connectivity index (χ3v) is 4.65. The largest absolute Gasteiger partial charge is 0.488 e. The molecular weight excluding hydrogens is 248 g/mol. The number of nitrogens with zero attached hydrogens (tertiary/aromatic N) is 1. The first kappa shape index (κ1) is 13.9. The molecule has 1 N–H and O–H groups in total. The van der Waals surface area contributed by atoms with Gasteiger partial charge in [0, 0.05) is 13.0 Å². The van der Waals surface area contributed by atoms with Gasteiger partial charge in [-0.3, -0.25) is 0 Å². The fourth-order valence-corrected chi connectivity index (χ4v) is 3.29. The van der Waals surface area contributed by atoms with E-state index in [4.69, 9.17) is 4.74 Å². The SMILES string of the molecule is CN1CCC(CCNCC2Cc3ccccc3O2)CC1. The minimum absolute atomic E-state index is 0.324. The van der Waals surface area contributed by atoms with Gasteiger partial charge in [-0.15, -0.1) is 0 Å². The standard InChI is InChI=1S/C17H26N2O/c1-19-10-7-14(8-11-19)6-9-18-13-16-12-15-4-2-3-5-17(15)20-16/h2-5,14,16,18H,6-13H2,1H3. The lowest BCUT2D eigenvalue weighted by Gasteiger charge is -2.29. The molecule has 2 heterocycles. The summed E-state index contributed by atoms with van der Waals surface area (Å²) in [7, 11) is 2.23. The van der Waals surface area contributed by atoms with Crippen LogP contribution in [0.2, 0.25) is 0 Å². The molecule has 1 unspecified atom stereocenters. The molecule has 0 spiro atoms. The van der Waals surface area contributed by atoms with Crippen LogP contribution in [0.25, 0.3) is 0 Å². The van der Waals surface area contributed by atoms with Crippen LogP contribution in [0.15, 0.2) is 24.3 Å². The molecule has 3 heteroatoms. The average molecular weight is 274 g/mol. The van der Waals surface area contributed by atoms with Gasteiger partial charge in [0.15, 0.2) is 0 Å².